The van der Waals surface area contributed by atoms with Crippen molar-refractivity contribution in [2.45, 2.75) is 30.8 Å². The molecule has 0 aliphatic rings. The maximum absolute atomic E-state index is 12.7. The van der Waals surface area contributed by atoms with Crippen molar-refractivity contribution < 1.29 is 31.7 Å². The highest BCUT2D eigenvalue weighted by Crippen LogP contribution is 2.18. The van der Waals surface area contributed by atoms with E-state index in [0.29, 0.717) is 17.5 Å². The van der Waals surface area contributed by atoms with Gasteiger partial charge in [-0.25, -0.2) is 9.59 Å². The number of carbonyl (C=O) groups is 2. The van der Waals surface area contributed by atoms with E-state index in [4.69, 9.17) is 13.7 Å². The number of hydrogen-bond donors (Lipinski definition) is 0. The number of benzene rings is 3. The molecule has 3 aromatic carbocycles. The van der Waals surface area contributed by atoms with Gasteiger partial charge in [-0.15, -0.1) is 0 Å². The summed E-state index contributed by atoms with van der Waals surface area (Å²) < 4.78 is 41.4. The Morgan fingerprint density at radius 3 is 1.85 bits per heavy atom. The highest BCUT2D eigenvalue weighted by Gasteiger charge is 2.23. The van der Waals surface area contributed by atoms with E-state index in [2.05, 4.69) is 0 Å². The molecule has 0 saturated carbocycles. The van der Waals surface area contributed by atoms with Gasteiger partial charge in [0.05, 0.1) is 22.6 Å². The minimum absolute atomic E-state index is 0.00740. The first-order valence-electron chi connectivity index (χ1n) is 10.8. The number of hydrogen-bond acceptors (Lipinski definition) is 7. The Balaban J connectivity index is 1.61. The van der Waals surface area contributed by atoms with Gasteiger partial charge in [0.1, 0.15) is 12.7 Å². The Hall–Kier alpha value is -3.49. The zero-order valence-corrected chi connectivity index (χ0v) is 19.6. The summed E-state index contributed by atoms with van der Waals surface area (Å²) in [7, 11) is -4.08. The Kier molecular flexibility index (Phi) is 8.95. The summed E-state index contributed by atoms with van der Waals surface area (Å²) in [5, 5.41) is 0. The first kappa shape index (κ1) is 25.1. The van der Waals surface area contributed by atoms with Gasteiger partial charge in [-0.3, -0.25) is 4.18 Å². The minimum atomic E-state index is -4.08. The van der Waals surface area contributed by atoms with Crippen LogP contribution >= 0.6 is 0 Å². The summed E-state index contributed by atoms with van der Waals surface area (Å²) in [6.07, 6.45) is -0.445. The second kappa shape index (κ2) is 12.1. The molecule has 0 amide bonds. The van der Waals surface area contributed by atoms with Crippen LogP contribution in [0.2, 0.25) is 0 Å². The van der Waals surface area contributed by atoms with E-state index in [1.54, 1.807) is 72.8 Å². The minimum Gasteiger partial charge on any atom is -0.462 e. The number of carbonyl (C=O) groups excluding carboxylic acids is 2. The molecule has 34 heavy (non-hydrogen) atoms. The van der Waals surface area contributed by atoms with Crippen molar-refractivity contribution in [2.75, 3.05) is 13.2 Å². The zero-order chi connectivity index (χ0) is 24.4. The van der Waals surface area contributed by atoms with Crippen LogP contribution in [-0.4, -0.2) is 39.7 Å². The van der Waals surface area contributed by atoms with Crippen molar-refractivity contribution in [3.8, 4) is 0 Å². The summed E-state index contributed by atoms with van der Waals surface area (Å²) in [6.45, 7) is 1.63. The van der Waals surface area contributed by atoms with Gasteiger partial charge < -0.3 is 9.47 Å². The Morgan fingerprint density at radius 1 is 0.765 bits per heavy atom. The van der Waals surface area contributed by atoms with Crippen LogP contribution in [0.4, 0.5) is 0 Å². The van der Waals surface area contributed by atoms with Crippen molar-refractivity contribution in [2.24, 2.45) is 0 Å². The lowest BCUT2D eigenvalue weighted by Crippen LogP contribution is -2.26. The van der Waals surface area contributed by atoms with Crippen molar-refractivity contribution in [1.29, 1.82) is 0 Å². The second-order valence-electron chi connectivity index (χ2n) is 7.59. The molecule has 178 valence electrons. The Bertz CT molecular complexity index is 1170. The summed E-state index contributed by atoms with van der Waals surface area (Å²) in [6, 6.07) is 23.2. The fourth-order valence-electron chi connectivity index (χ4n) is 3.06. The maximum atomic E-state index is 12.7. The quantitative estimate of drug-likeness (QED) is 0.224. The van der Waals surface area contributed by atoms with Gasteiger partial charge in [0.25, 0.3) is 10.1 Å². The van der Waals surface area contributed by atoms with Gasteiger partial charge in [-0.2, -0.15) is 8.42 Å². The monoisotopic (exact) mass is 482 g/mol. The van der Waals surface area contributed by atoms with Gasteiger partial charge in [0.15, 0.2) is 0 Å². The molecule has 3 aromatic rings. The first-order valence-corrected chi connectivity index (χ1v) is 12.2. The summed E-state index contributed by atoms with van der Waals surface area (Å²) in [5.41, 5.74) is 1.68. The Morgan fingerprint density at radius 2 is 1.29 bits per heavy atom. The first-order chi connectivity index (χ1) is 16.3. The molecule has 0 fully saturated rings. The molecule has 0 aliphatic heterocycles. The van der Waals surface area contributed by atoms with Crippen molar-refractivity contribution in [1.82, 2.24) is 0 Å². The summed E-state index contributed by atoms with van der Waals surface area (Å²) in [5.74, 6) is -1.06. The smallest absolute Gasteiger partial charge is 0.338 e. The molecule has 0 bridgehead atoms. The largest absolute Gasteiger partial charge is 0.462 e. The molecular formula is C26H26O7S. The lowest BCUT2D eigenvalue weighted by molar-refractivity contribution is 0.0279. The van der Waals surface area contributed by atoms with Crippen LogP contribution in [0.3, 0.4) is 0 Å². The molecule has 8 heteroatoms. The van der Waals surface area contributed by atoms with Crippen LogP contribution in [0.15, 0.2) is 89.8 Å². The lowest BCUT2D eigenvalue weighted by atomic mass is 10.2. The average molecular weight is 483 g/mol. The third kappa shape index (κ3) is 7.54. The highest BCUT2D eigenvalue weighted by molar-refractivity contribution is 7.86. The van der Waals surface area contributed by atoms with Gasteiger partial charge >= 0.3 is 11.9 Å². The van der Waals surface area contributed by atoms with Gasteiger partial charge in [0.2, 0.25) is 0 Å². The number of rotatable bonds is 11. The van der Waals surface area contributed by atoms with Crippen LogP contribution in [0.5, 0.6) is 0 Å². The average Bonchev–Trinajstić information content (AvgIpc) is 2.85. The second-order valence-corrected chi connectivity index (χ2v) is 9.17. The van der Waals surface area contributed by atoms with Gasteiger partial charge in [-0.05, 0) is 56.2 Å². The number of esters is 2. The SMILES string of the molecule is Cc1ccc(S(=O)(=O)O[C@@H](CCCOC(=O)c2ccccc2)COC(=O)c2ccccc2)cc1. The molecule has 0 N–H and O–H groups in total. The Labute approximate surface area is 199 Å². The van der Waals surface area contributed by atoms with Crippen molar-refractivity contribution in [3.05, 3.63) is 102 Å². The molecule has 1 atom stereocenters. The third-order valence-electron chi connectivity index (χ3n) is 4.90. The molecule has 0 heterocycles. The van der Waals surface area contributed by atoms with Crippen LogP contribution < -0.4 is 0 Å². The number of aryl methyl sites for hydroxylation is 1. The highest BCUT2D eigenvalue weighted by atomic mass is 32.2. The predicted molar refractivity (Wildman–Crippen MR) is 126 cm³/mol. The molecule has 0 unspecified atom stereocenters. The number of ether oxygens (including phenoxy) is 2. The van der Waals surface area contributed by atoms with Crippen molar-refractivity contribution >= 4 is 22.1 Å². The summed E-state index contributed by atoms with van der Waals surface area (Å²) in [4.78, 5) is 24.4. The van der Waals surface area contributed by atoms with E-state index in [-0.39, 0.29) is 24.5 Å². The van der Waals surface area contributed by atoms with E-state index >= 15 is 0 Å². The third-order valence-corrected chi connectivity index (χ3v) is 6.27. The molecular weight excluding hydrogens is 456 g/mol. The molecule has 3 rings (SSSR count). The molecule has 0 aromatic heterocycles. The molecule has 0 spiro atoms. The molecule has 7 nitrogen and oxygen atoms in total. The lowest BCUT2D eigenvalue weighted by Gasteiger charge is -2.18. The van der Waals surface area contributed by atoms with Crippen LogP contribution in [0.25, 0.3) is 0 Å². The topological polar surface area (TPSA) is 96.0 Å². The standard InChI is InChI=1S/C26H26O7S/c1-20-14-16-24(17-15-20)34(29,30)33-23(19-32-26(28)22-11-6-3-7-12-22)13-8-18-31-25(27)21-9-4-2-5-10-21/h2-7,9-12,14-17,23H,8,13,18-19H2,1H3/t23-/m0/s1. The molecule has 0 radical (unpaired) electrons. The van der Waals surface area contributed by atoms with Gasteiger partial charge in [-0.1, -0.05) is 54.1 Å². The van der Waals surface area contributed by atoms with Crippen molar-refractivity contribution in [3.63, 3.8) is 0 Å². The summed E-state index contributed by atoms with van der Waals surface area (Å²) >= 11 is 0. The molecule has 0 saturated heterocycles. The van der Waals surface area contributed by atoms with Gasteiger partial charge in [0, 0.05) is 0 Å². The van der Waals surface area contributed by atoms with E-state index in [1.165, 1.54) is 12.1 Å². The fourth-order valence-corrected chi connectivity index (χ4v) is 4.15. The van der Waals surface area contributed by atoms with Crippen LogP contribution in [0, 0.1) is 6.92 Å². The zero-order valence-electron chi connectivity index (χ0n) is 18.8. The normalized spacial score (nSPS) is 12.0. The maximum Gasteiger partial charge on any atom is 0.338 e. The fraction of sp³-hybridized carbons (Fsp3) is 0.231. The van der Waals surface area contributed by atoms with E-state index in [9.17, 15) is 18.0 Å². The van der Waals surface area contributed by atoms with E-state index < -0.39 is 28.2 Å². The van der Waals surface area contributed by atoms with E-state index in [1.807, 2.05) is 6.92 Å². The predicted octanol–water partition coefficient (Wildman–Crippen LogP) is 4.56. The van der Waals surface area contributed by atoms with Crippen LogP contribution in [-0.2, 0) is 23.8 Å². The van der Waals surface area contributed by atoms with E-state index in [0.717, 1.165) is 5.56 Å². The van der Waals surface area contributed by atoms with Crippen LogP contribution in [0.1, 0.15) is 39.1 Å². The molecule has 0 aliphatic carbocycles.